The summed E-state index contributed by atoms with van der Waals surface area (Å²) in [6.45, 7) is 3.68. The molecule has 0 aromatic heterocycles. The normalized spacial score (nSPS) is 16.8. The molecule has 0 radical (unpaired) electrons. The van der Waals surface area contributed by atoms with E-state index in [2.05, 4.69) is 10.6 Å². The number of nitrogens with one attached hydrogen (secondary N) is 2. The second-order valence-electron chi connectivity index (χ2n) is 7.65. The van der Waals surface area contributed by atoms with Gasteiger partial charge in [0.1, 0.15) is 18.7 Å². The minimum absolute atomic E-state index is 0.0759. The van der Waals surface area contributed by atoms with E-state index in [0.29, 0.717) is 0 Å². The van der Waals surface area contributed by atoms with Crippen molar-refractivity contribution < 1.29 is 24.2 Å². The lowest BCUT2D eigenvalue weighted by Crippen LogP contribution is -2.55. The molecule has 3 N–H and O–H groups in total. The third-order valence-corrected chi connectivity index (χ3v) is 5.12. The molecule has 2 atom stereocenters. The van der Waals surface area contributed by atoms with Gasteiger partial charge in [0.15, 0.2) is 0 Å². The zero-order chi connectivity index (χ0) is 20.5. The monoisotopic (exact) mass is 390 g/mol. The van der Waals surface area contributed by atoms with Crippen LogP contribution in [0.2, 0.25) is 0 Å². The van der Waals surface area contributed by atoms with Gasteiger partial charge in [-0.2, -0.15) is 0 Å². The Hall–Kier alpha value is -2.57. The number of amides is 2. The molecule has 1 aromatic carbocycles. The third kappa shape index (κ3) is 6.55. The number of carboxylic acids is 1. The fourth-order valence-electron chi connectivity index (χ4n) is 3.52. The molecule has 154 valence electrons. The van der Waals surface area contributed by atoms with Crippen LogP contribution >= 0.6 is 0 Å². The quantitative estimate of drug-likeness (QED) is 0.633. The Morgan fingerprint density at radius 3 is 2.29 bits per heavy atom. The molecule has 2 amide bonds. The molecule has 1 aromatic rings. The van der Waals surface area contributed by atoms with Crippen molar-refractivity contribution in [2.45, 2.75) is 64.6 Å². The molecule has 1 saturated carbocycles. The van der Waals surface area contributed by atoms with Crippen LogP contribution in [0, 0.1) is 11.8 Å². The second-order valence-corrected chi connectivity index (χ2v) is 7.65. The van der Waals surface area contributed by atoms with E-state index in [-0.39, 0.29) is 18.4 Å². The highest BCUT2D eigenvalue weighted by molar-refractivity contribution is 5.89. The van der Waals surface area contributed by atoms with Crippen molar-refractivity contribution in [3.05, 3.63) is 35.9 Å². The van der Waals surface area contributed by atoms with Crippen LogP contribution in [-0.2, 0) is 20.9 Å². The molecule has 0 spiro atoms. The largest absolute Gasteiger partial charge is 0.480 e. The first-order valence-corrected chi connectivity index (χ1v) is 9.89. The molecule has 1 aliphatic carbocycles. The van der Waals surface area contributed by atoms with Gasteiger partial charge in [0, 0.05) is 0 Å². The van der Waals surface area contributed by atoms with E-state index in [1.807, 2.05) is 30.3 Å². The summed E-state index contributed by atoms with van der Waals surface area (Å²) in [7, 11) is 0. The van der Waals surface area contributed by atoms with Crippen LogP contribution in [-0.4, -0.2) is 35.2 Å². The van der Waals surface area contributed by atoms with Crippen molar-refractivity contribution in [2.75, 3.05) is 0 Å². The van der Waals surface area contributed by atoms with E-state index in [0.717, 1.165) is 37.7 Å². The Labute approximate surface area is 165 Å². The lowest BCUT2D eigenvalue weighted by molar-refractivity contribution is -0.144. The Morgan fingerprint density at radius 2 is 1.71 bits per heavy atom. The predicted octanol–water partition coefficient (Wildman–Crippen LogP) is 3.09. The van der Waals surface area contributed by atoms with Gasteiger partial charge in [-0.05, 0) is 30.2 Å². The summed E-state index contributed by atoms with van der Waals surface area (Å²) in [6, 6.07) is 7.43. The summed E-state index contributed by atoms with van der Waals surface area (Å²) < 4.78 is 5.18. The minimum Gasteiger partial charge on any atom is -0.480 e. The maximum atomic E-state index is 12.7. The molecular weight excluding hydrogens is 360 g/mol. The van der Waals surface area contributed by atoms with Crippen molar-refractivity contribution in [3.63, 3.8) is 0 Å². The van der Waals surface area contributed by atoms with E-state index in [9.17, 15) is 19.5 Å². The van der Waals surface area contributed by atoms with Gasteiger partial charge in [-0.15, -0.1) is 0 Å². The molecule has 1 fully saturated rings. The van der Waals surface area contributed by atoms with Crippen molar-refractivity contribution in [1.82, 2.24) is 10.6 Å². The molecule has 0 bridgehead atoms. The Kier molecular flexibility index (Phi) is 8.29. The van der Waals surface area contributed by atoms with Crippen LogP contribution in [0.3, 0.4) is 0 Å². The van der Waals surface area contributed by atoms with Crippen molar-refractivity contribution in [3.8, 4) is 0 Å². The average Bonchev–Trinajstić information content (AvgIpc) is 2.69. The Bertz CT molecular complexity index is 656. The topological polar surface area (TPSA) is 105 Å². The van der Waals surface area contributed by atoms with E-state index >= 15 is 0 Å². The lowest BCUT2D eigenvalue weighted by atomic mass is 9.83. The molecule has 0 aliphatic heterocycles. The molecule has 1 aliphatic rings. The number of ether oxygens (including phenoxy) is 1. The second kappa shape index (κ2) is 10.7. The van der Waals surface area contributed by atoms with Gasteiger partial charge < -0.3 is 20.5 Å². The van der Waals surface area contributed by atoms with Gasteiger partial charge in [-0.25, -0.2) is 9.59 Å². The number of rotatable bonds is 8. The lowest BCUT2D eigenvalue weighted by Gasteiger charge is -2.30. The molecule has 0 saturated heterocycles. The Morgan fingerprint density at radius 1 is 1.07 bits per heavy atom. The van der Waals surface area contributed by atoms with Gasteiger partial charge in [0.05, 0.1) is 0 Å². The highest BCUT2D eigenvalue weighted by Gasteiger charge is 2.34. The highest BCUT2D eigenvalue weighted by Crippen LogP contribution is 2.26. The maximum absolute atomic E-state index is 12.7. The summed E-state index contributed by atoms with van der Waals surface area (Å²) in [5, 5.41) is 14.8. The van der Waals surface area contributed by atoms with E-state index < -0.39 is 30.1 Å². The molecule has 2 rings (SSSR count). The highest BCUT2D eigenvalue weighted by atomic mass is 16.5. The Balaban J connectivity index is 1.94. The number of alkyl carbamates (subject to hydrolysis) is 1. The molecule has 0 heterocycles. The van der Waals surface area contributed by atoms with Gasteiger partial charge >= 0.3 is 12.1 Å². The predicted molar refractivity (Wildman–Crippen MR) is 105 cm³/mol. The summed E-state index contributed by atoms with van der Waals surface area (Å²) in [6.07, 6.45) is 3.92. The van der Waals surface area contributed by atoms with Gasteiger partial charge in [0.2, 0.25) is 5.91 Å². The van der Waals surface area contributed by atoms with Crippen LogP contribution in [0.4, 0.5) is 4.79 Å². The van der Waals surface area contributed by atoms with Crippen molar-refractivity contribution in [1.29, 1.82) is 0 Å². The first kappa shape index (κ1) is 21.7. The van der Waals surface area contributed by atoms with Gasteiger partial charge in [0.25, 0.3) is 0 Å². The number of aliphatic carboxylic acids is 1. The third-order valence-electron chi connectivity index (χ3n) is 5.12. The maximum Gasteiger partial charge on any atom is 0.408 e. The number of hydrogen-bond acceptors (Lipinski definition) is 4. The first-order chi connectivity index (χ1) is 13.4. The zero-order valence-corrected chi connectivity index (χ0v) is 16.5. The smallest absolute Gasteiger partial charge is 0.408 e. The molecule has 7 nitrogen and oxygen atoms in total. The van der Waals surface area contributed by atoms with Crippen molar-refractivity contribution in [2.24, 2.45) is 11.8 Å². The number of hydrogen-bond donors (Lipinski definition) is 3. The van der Waals surface area contributed by atoms with E-state index in [1.165, 1.54) is 0 Å². The van der Waals surface area contributed by atoms with Gasteiger partial charge in [-0.1, -0.05) is 63.4 Å². The number of carboxylic acid groups (broad SMARTS) is 1. The number of carbonyl (C=O) groups is 3. The van der Waals surface area contributed by atoms with Gasteiger partial charge in [-0.3, -0.25) is 4.79 Å². The van der Waals surface area contributed by atoms with Crippen LogP contribution in [0.25, 0.3) is 0 Å². The number of carbonyl (C=O) groups excluding carboxylic acids is 2. The van der Waals surface area contributed by atoms with Crippen molar-refractivity contribution >= 4 is 18.0 Å². The summed E-state index contributed by atoms with van der Waals surface area (Å²) >= 11 is 0. The summed E-state index contributed by atoms with van der Waals surface area (Å²) in [4.78, 5) is 36.5. The number of benzene rings is 1. The summed E-state index contributed by atoms with van der Waals surface area (Å²) in [5.74, 6) is -1.82. The van der Waals surface area contributed by atoms with Crippen LogP contribution in [0.5, 0.6) is 0 Å². The van der Waals surface area contributed by atoms with Crippen LogP contribution in [0.15, 0.2) is 30.3 Å². The SMILES string of the molecule is CC(C)[C@@H](NC(=O)OCc1ccccc1)C(=O)N[C@H](C(=O)O)C1CCCCC1. The molecular formula is C21H30N2O5. The van der Waals surface area contributed by atoms with E-state index in [4.69, 9.17) is 4.74 Å². The molecule has 7 heteroatoms. The average molecular weight is 390 g/mol. The molecule has 28 heavy (non-hydrogen) atoms. The summed E-state index contributed by atoms with van der Waals surface area (Å²) in [5.41, 5.74) is 0.839. The minimum atomic E-state index is -1.03. The molecule has 0 unspecified atom stereocenters. The fourth-order valence-corrected chi connectivity index (χ4v) is 3.52. The van der Waals surface area contributed by atoms with E-state index in [1.54, 1.807) is 13.8 Å². The van der Waals surface area contributed by atoms with Crippen LogP contribution < -0.4 is 10.6 Å². The zero-order valence-electron chi connectivity index (χ0n) is 16.5. The fraction of sp³-hybridized carbons (Fsp3) is 0.571. The first-order valence-electron chi connectivity index (χ1n) is 9.89. The van der Waals surface area contributed by atoms with Crippen LogP contribution in [0.1, 0.15) is 51.5 Å². The standard InChI is InChI=1S/C21H30N2O5/c1-14(2)17(23-21(27)28-13-15-9-5-3-6-10-15)19(24)22-18(20(25)26)16-11-7-4-8-12-16/h3,5-6,9-10,14,16-18H,4,7-8,11-13H2,1-2H3,(H,22,24)(H,23,27)(H,25,26)/t17-,18+/m1/s1.